The van der Waals surface area contributed by atoms with Crippen LogP contribution in [0.4, 0.5) is 0 Å². The van der Waals surface area contributed by atoms with Gasteiger partial charge in [0.25, 0.3) is 0 Å². The summed E-state index contributed by atoms with van der Waals surface area (Å²) in [5, 5.41) is 3.31. The third-order valence-corrected chi connectivity index (χ3v) is 3.30. The number of esters is 1. The molecule has 0 radical (unpaired) electrons. The summed E-state index contributed by atoms with van der Waals surface area (Å²) in [5.41, 5.74) is 0. The standard InChI is InChI=1S/C11H19NO3/c1-14-11(13)8-6-10(7-8)15-9-2-4-12-5-3-9/h8-10,12H,2-7H2,1H3/t8-,10-. The summed E-state index contributed by atoms with van der Waals surface area (Å²) < 4.78 is 10.6. The van der Waals surface area contributed by atoms with E-state index in [2.05, 4.69) is 10.1 Å². The first kappa shape index (κ1) is 10.9. The van der Waals surface area contributed by atoms with Gasteiger partial charge in [-0.1, -0.05) is 0 Å². The van der Waals surface area contributed by atoms with Crippen molar-refractivity contribution in [3.05, 3.63) is 0 Å². The zero-order valence-corrected chi connectivity index (χ0v) is 9.20. The number of nitrogens with one attached hydrogen (secondary N) is 1. The molecule has 1 aliphatic heterocycles. The van der Waals surface area contributed by atoms with Crippen LogP contribution in [0.2, 0.25) is 0 Å². The molecule has 0 spiro atoms. The van der Waals surface area contributed by atoms with Crippen molar-refractivity contribution in [3.63, 3.8) is 0 Å². The second-order valence-electron chi connectivity index (χ2n) is 4.40. The highest BCUT2D eigenvalue weighted by Crippen LogP contribution is 2.32. The molecule has 0 amide bonds. The molecule has 0 atom stereocenters. The van der Waals surface area contributed by atoms with Crippen LogP contribution in [0.25, 0.3) is 0 Å². The third-order valence-electron chi connectivity index (χ3n) is 3.30. The van der Waals surface area contributed by atoms with Gasteiger partial charge in [0.15, 0.2) is 0 Å². The van der Waals surface area contributed by atoms with Gasteiger partial charge >= 0.3 is 5.97 Å². The Morgan fingerprint density at radius 2 is 1.87 bits per heavy atom. The van der Waals surface area contributed by atoms with Crippen LogP contribution in [0.3, 0.4) is 0 Å². The molecule has 0 aromatic rings. The molecular weight excluding hydrogens is 194 g/mol. The summed E-state index contributed by atoms with van der Waals surface area (Å²) in [7, 11) is 1.45. The van der Waals surface area contributed by atoms with Crippen LogP contribution in [0, 0.1) is 5.92 Å². The molecular formula is C11H19NO3. The highest BCUT2D eigenvalue weighted by Gasteiger charge is 2.37. The number of hydrogen-bond donors (Lipinski definition) is 1. The molecule has 4 nitrogen and oxygen atoms in total. The maximum atomic E-state index is 11.1. The van der Waals surface area contributed by atoms with Crippen LogP contribution < -0.4 is 5.32 Å². The minimum Gasteiger partial charge on any atom is -0.469 e. The van der Waals surface area contributed by atoms with E-state index in [1.807, 2.05) is 0 Å². The molecule has 2 rings (SSSR count). The SMILES string of the molecule is COC(=O)[C@H]1C[C@H](OC2CCNCC2)C1. The van der Waals surface area contributed by atoms with Gasteiger partial charge in [0.2, 0.25) is 0 Å². The Balaban J connectivity index is 1.64. The second-order valence-corrected chi connectivity index (χ2v) is 4.40. The molecule has 1 N–H and O–H groups in total. The van der Waals surface area contributed by atoms with E-state index in [-0.39, 0.29) is 18.0 Å². The molecule has 0 unspecified atom stereocenters. The Morgan fingerprint density at radius 3 is 2.47 bits per heavy atom. The van der Waals surface area contributed by atoms with Gasteiger partial charge in [-0.15, -0.1) is 0 Å². The van der Waals surface area contributed by atoms with Gasteiger partial charge < -0.3 is 14.8 Å². The van der Waals surface area contributed by atoms with Gasteiger partial charge in [-0.25, -0.2) is 0 Å². The van der Waals surface area contributed by atoms with E-state index in [0.717, 1.165) is 38.8 Å². The van der Waals surface area contributed by atoms with Gasteiger partial charge in [-0.2, -0.15) is 0 Å². The van der Waals surface area contributed by atoms with E-state index in [1.54, 1.807) is 0 Å². The lowest BCUT2D eigenvalue weighted by Gasteiger charge is -2.37. The molecule has 1 saturated carbocycles. The van der Waals surface area contributed by atoms with Crippen LogP contribution >= 0.6 is 0 Å². The second kappa shape index (κ2) is 4.94. The molecule has 2 aliphatic rings. The largest absolute Gasteiger partial charge is 0.469 e. The number of carbonyl (C=O) groups excluding carboxylic acids is 1. The summed E-state index contributed by atoms with van der Waals surface area (Å²) >= 11 is 0. The fourth-order valence-corrected chi connectivity index (χ4v) is 2.24. The molecule has 1 saturated heterocycles. The van der Waals surface area contributed by atoms with Crippen molar-refractivity contribution in [2.45, 2.75) is 37.9 Å². The first-order valence-corrected chi connectivity index (χ1v) is 5.73. The van der Waals surface area contributed by atoms with Gasteiger partial charge in [0, 0.05) is 0 Å². The van der Waals surface area contributed by atoms with Crippen LogP contribution in [-0.4, -0.2) is 38.4 Å². The number of carbonyl (C=O) groups is 1. The van der Waals surface area contributed by atoms with Crippen molar-refractivity contribution < 1.29 is 14.3 Å². The van der Waals surface area contributed by atoms with Crippen LogP contribution in [0.15, 0.2) is 0 Å². The molecule has 0 aromatic heterocycles. The van der Waals surface area contributed by atoms with Gasteiger partial charge in [-0.3, -0.25) is 4.79 Å². The zero-order valence-electron chi connectivity index (χ0n) is 9.20. The van der Waals surface area contributed by atoms with Crippen molar-refractivity contribution in [2.75, 3.05) is 20.2 Å². The van der Waals surface area contributed by atoms with Crippen LogP contribution in [0.1, 0.15) is 25.7 Å². The normalized spacial score (nSPS) is 32.1. The average molecular weight is 213 g/mol. The fourth-order valence-electron chi connectivity index (χ4n) is 2.24. The van der Waals surface area contributed by atoms with Crippen molar-refractivity contribution in [1.29, 1.82) is 0 Å². The lowest BCUT2D eigenvalue weighted by molar-refractivity contribution is -0.158. The van der Waals surface area contributed by atoms with E-state index < -0.39 is 0 Å². The van der Waals surface area contributed by atoms with E-state index in [1.165, 1.54) is 7.11 Å². The average Bonchev–Trinajstić information content (AvgIpc) is 2.23. The van der Waals surface area contributed by atoms with Crippen molar-refractivity contribution >= 4 is 5.97 Å². The molecule has 1 aliphatic carbocycles. The van der Waals surface area contributed by atoms with Crippen molar-refractivity contribution in [3.8, 4) is 0 Å². The summed E-state index contributed by atoms with van der Waals surface area (Å²) in [5.74, 6) is 0.00174. The molecule has 0 aromatic carbocycles. The van der Waals surface area contributed by atoms with Crippen molar-refractivity contribution in [1.82, 2.24) is 5.32 Å². The summed E-state index contributed by atoms with van der Waals surface area (Å²) in [6, 6.07) is 0. The van der Waals surface area contributed by atoms with E-state index in [4.69, 9.17) is 4.74 Å². The first-order valence-electron chi connectivity index (χ1n) is 5.73. The van der Waals surface area contributed by atoms with Gasteiger partial charge in [0.05, 0.1) is 25.2 Å². The van der Waals surface area contributed by atoms with Crippen molar-refractivity contribution in [2.24, 2.45) is 5.92 Å². The lowest BCUT2D eigenvalue weighted by atomic mass is 9.82. The van der Waals surface area contributed by atoms with Crippen LogP contribution in [0.5, 0.6) is 0 Å². The number of methoxy groups -OCH3 is 1. The highest BCUT2D eigenvalue weighted by atomic mass is 16.5. The Hall–Kier alpha value is -0.610. The highest BCUT2D eigenvalue weighted by molar-refractivity contribution is 5.73. The summed E-state index contributed by atoms with van der Waals surface area (Å²) in [6.45, 7) is 2.11. The molecule has 86 valence electrons. The predicted octanol–water partition coefficient (Wildman–Crippen LogP) is 0.707. The Labute approximate surface area is 90.3 Å². The Morgan fingerprint density at radius 1 is 1.20 bits per heavy atom. The van der Waals surface area contributed by atoms with E-state index in [9.17, 15) is 4.79 Å². The number of rotatable bonds is 3. The number of hydrogen-bond acceptors (Lipinski definition) is 4. The minimum absolute atomic E-state index is 0.0832. The lowest BCUT2D eigenvalue weighted by Crippen LogP contribution is -2.42. The number of piperidine rings is 1. The maximum Gasteiger partial charge on any atom is 0.308 e. The monoisotopic (exact) mass is 213 g/mol. The van der Waals surface area contributed by atoms with Gasteiger partial charge in [0.1, 0.15) is 0 Å². The van der Waals surface area contributed by atoms with E-state index >= 15 is 0 Å². The fraction of sp³-hybridized carbons (Fsp3) is 0.909. The number of ether oxygens (including phenoxy) is 2. The minimum atomic E-state index is -0.0832. The molecule has 0 bridgehead atoms. The summed E-state index contributed by atoms with van der Waals surface area (Å²) in [4.78, 5) is 11.1. The molecule has 15 heavy (non-hydrogen) atoms. The van der Waals surface area contributed by atoms with E-state index in [0.29, 0.717) is 6.10 Å². The molecule has 4 heteroatoms. The topological polar surface area (TPSA) is 47.6 Å². The quantitative estimate of drug-likeness (QED) is 0.701. The first-order chi connectivity index (χ1) is 7.29. The third kappa shape index (κ3) is 2.69. The zero-order chi connectivity index (χ0) is 10.7. The Bertz CT molecular complexity index is 220. The van der Waals surface area contributed by atoms with Gasteiger partial charge in [-0.05, 0) is 38.8 Å². The predicted molar refractivity (Wildman–Crippen MR) is 55.5 cm³/mol. The summed E-state index contributed by atoms with van der Waals surface area (Å²) in [6.07, 6.45) is 4.57. The Kier molecular flexibility index (Phi) is 3.59. The maximum absolute atomic E-state index is 11.1. The smallest absolute Gasteiger partial charge is 0.308 e. The molecule has 1 heterocycles. The van der Waals surface area contributed by atoms with Crippen LogP contribution in [-0.2, 0) is 14.3 Å². The molecule has 2 fully saturated rings.